The number of hydrogen-bond acceptors (Lipinski definition) is 1. The molecule has 9 heavy (non-hydrogen) atoms. The van der Waals surface area contributed by atoms with Crippen molar-refractivity contribution in [3.8, 4) is 0 Å². The van der Waals surface area contributed by atoms with E-state index >= 15 is 0 Å². The molecule has 0 aliphatic heterocycles. The second-order valence-electron chi connectivity index (χ2n) is 2.63. The molecule has 2 heteroatoms. The van der Waals surface area contributed by atoms with Gasteiger partial charge in [0.2, 0.25) is 6.29 Å². The fourth-order valence-corrected chi connectivity index (χ4v) is 1.77. The van der Waals surface area contributed by atoms with E-state index in [-0.39, 0.29) is 4.32 Å². The zero-order valence-corrected chi connectivity index (χ0v) is 6.91. The summed E-state index contributed by atoms with van der Waals surface area (Å²) in [5, 5.41) is 0. The van der Waals surface area contributed by atoms with Gasteiger partial charge in [-0.25, -0.2) is 0 Å². The van der Waals surface area contributed by atoms with Crippen LogP contribution < -0.4 is 0 Å². The van der Waals surface area contributed by atoms with Crippen LogP contribution in [0.15, 0.2) is 0 Å². The first-order valence-corrected chi connectivity index (χ1v) is 4.14. The molecule has 1 rings (SSSR count). The summed E-state index contributed by atoms with van der Waals surface area (Å²) in [6.45, 7) is 0. The third kappa shape index (κ3) is 1.78. The second-order valence-corrected chi connectivity index (χ2v) is 4.15. The standard InChI is InChI=1S/C7H10BrO/c8-7(6-9)4-2-1-3-5-7/h1-5H2. The number of rotatable bonds is 1. The Balaban J connectivity index is 2.46. The van der Waals surface area contributed by atoms with Crippen LogP contribution in [0.5, 0.6) is 0 Å². The Morgan fingerprint density at radius 2 is 1.78 bits per heavy atom. The predicted octanol–water partition coefficient (Wildman–Crippen LogP) is 2.19. The molecule has 1 nitrogen and oxygen atoms in total. The molecule has 1 saturated carbocycles. The summed E-state index contributed by atoms with van der Waals surface area (Å²) in [5.74, 6) is 0. The first kappa shape index (κ1) is 7.26. The molecule has 0 bridgehead atoms. The molecule has 0 saturated heterocycles. The molecular weight excluding hydrogens is 180 g/mol. The first-order chi connectivity index (χ1) is 4.27. The van der Waals surface area contributed by atoms with Crippen molar-refractivity contribution in [1.29, 1.82) is 0 Å². The van der Waals surface area contributed by atoms with Crippen molar-refractivity contribution in [2.24, 2.45) is 0 Å². The van der Waals surface area contributed by atoms with Gasteiger partial charge in [0.1, 0.15) is 0 Å². The molecule has 0 atom stereocenters. The van der Waals surface area contributed by atoms with Crippen LogP contribution in [0.25, 0.3) is 0 Å². The predicted molar refractivity (Wildman–Crippen MR) is 40.4 cm³/mol. The number of hydrogen-bond donors (Lipinski definition) is 0. The lowest BCUT2D eigenvalue weighted by Gasteiger charge is -2.24. The Kier molecular flexibility index (Phi) is 2.28. The lowest BCUT2D eigenvalue weighted by molar-refractivity contribution is 0.447. The SMILES string of the molecule is O=[C]C1(Br)CCCCC1. The molecule has 0 spiro atoms. The minimum absolute atomic E-state index is 0.273. The normalized spacial score (nSPS) is 25.4. The zero-order chi connectivity index (χ0) is 6.74. The molecule has 0 aromatic rings. The van der Waals surface area contributed by atoms with Crippen LogP contribution in [0.2, 0.25) is 0 Å². The largest absolute Gasteiger partial charge is 0.289 e. The summed E-state index contributed by atoms with van der Waals surface area (Å²) < 4.78 is -0.273. The molecule has 0 aromatic carbocycles. The van der Waals surface area contributed by atoms with Crippen LogP contribution in [0.4, 0.5) is 0 Å². The highest BCUT2D eigenvalue weighted by Crippen LogP contribution is 2.33. The van der Waals surface area contributed by atoms with Crippen molar-refractivity contribution in [1.82, 2.24) is 0 Å². The highest BCUT2D eigenvalue weighted by Gasteiger charge is 2.28. The van der Waals surface area contributed by atoms with E-state index < -0.39 is 0 Å². The van der Waals surface area contributed by atoms with Gasteiger partial charge in [-0.3, -0.25) is 4.79 Å². The molecule has 1 aliphatic carbocycles. The minimum Gasteiger partial charge on any atom is -0.289 e. The molecule has 0 amide bonds. The van der Waals surface area contributed by atoms with E-state index in [0.717, 1.165) is 12.8 Å². The summed E-state index contributed by atoms with van der Waals surface area (Å²) in [7, 11) is 0. The first-order valence-electron chi connectivity index (χ1n) is 3.35. The smallest absolute Gasteiger partial charge is 0.216 e. The fourth-order valence-electron chi connectivity index (χ4n) is 1.21. The Bertz CT molecular complexity index is 105. The van der Waals surface area contributed by atoms with Crippen molar-refractivity contribution < 1.29 is 4.79 Å². The van der Waals surface area contributed by atoms with Crippen LogP contribution >= 0.6 is 15.9 Å². The molecule has 0 unspecified atom stereocenters. The number of carbonyl (C=O) groups excluding carboxylic acids is 1. The van der Waals surface area contributed by atoms with Crippen molar-refractivity contribution >= 4 is 22.2 Å². The lowest BCUT2D eigenvalue weighted by atomic mass is 9.90. The van der Waals surface area contributed by atoms with Gasteiger partial charge in [0, 0.05) is 0 Å². The van der Waals surface area contributed by atoms with Gasteiger partial charge in [0.25, 0.3) is 0 Å². The fraction of sp³-hybridized carbons (Fsp3) is 0.857. The van der Waals surface area contributed by atoms with Crippen LogP contribution in [0.1, 0.15) is 32.1 Å². The maximum Gasteiger partial charge on any atom is 0.216 e. The zero-order valence-electron chi connectivity index (χ0n) is 5.32. The van der Waals surface area contributed by atoms with Gasteiger partial charge in [-0.05, 0) is 12.8 Å². The minimum atomic E-state index is -0.273. The van der Waals surface area contributed by atoms with Gasteiger partial charge in [0.15, 0.2) is 0 Å². The topological polar surface area (TPSA) is 17.1 Å². The third-order valence-corrected chi connectivity index (χ3v) is 2.78. The third-order valence-electron chi connectivity index (χ3n) is 1.83. The molecule has 1 fully saturated rings. The number of alkyl halides is 1. The maximum atomic E-state index is 10.3. The van der Waals surface area contributed by atoms with Crippen molar-refractivity contribution in [2.45, 2.75) is 36.4 Å². The summed E-state index contributed by atoms with van der Waals surface area (Å²) >= 11 is 3.37. The van der Waals surface area contributed by atoms with E-state index in [0.29, 0.717) is 0 Å². The van der Waals surface area contributed by atoms with Crippen LogP contribution in [-0.4, -0.2) is 10.6 Å². The van der Waals surface area contributed by atoms with E-state index in [4.69, 9.17) is 0 Å². The average Bonchev–Trinajstić information content (AvgIpc) is 1.90. The van der Waals surface area contributed by atoms with Gasteiger partial charge in [-0.1, -0.05) is 35.2 Å². The van der Waals surface area contributed by atoms with Crippen LogP contribution in [-0.2, 0) is 4.79 Å². The van der Waals surface area contributed by atoms with Gasteiger partial charge in [-0.15, -0.1) is 0 Å². The van der Waals surface area contributed by atoms with Crippen LogP contribution in [0.3, 0.4) is 0 Å². The summed E-state index contributed by atoms with van der Waals surface area (Å²) in [4.78, 5) is 10.3. The average molecular weight is 190 g/mol. The monoisotopic (exact) mass is 189 g/mol. The van der Waals surface area contributed by atoms with E-state index in [9.17, 15) is 4.79 Å². The van der Waals surface area contributed by atoms with Gasteiger partial charge < -0.3 is 0 Å². The Morgan fingerprint density at radius 3 is 2.11 bits per heavy atom. The number of halogens is 1. The van der Waals surface area contributed by atoms with E-state index in [1.165, 1.54) is 19.3 Å². The lowest BCUT2D eigenvalue weighted by Crippen LogP contribution is -2.25. The van der Waals surface area contributed by atoms with Gasteiger partial charge >= 0.3 is 0 Å². The maximum absolute atomic E-state index is 10.3. The quantitative estimate of drug-likeness (QED) is 0.579. The highest BCUT2D eigenvalue weighted by atomic mass is 79.9. The Morgan fingerprint density at radius 1 is 1.22 bits per heavy atom. The highest BCUT2D eigenvalue weighted by molar-refractivity contribution is 9.10. The molecule has 0 aromatic heterocycles. The summed E-state index contributed by atoms with van der Waals surface area (Å²) in [6, 6.07) is 0. The van der Waals surface area contributed by atoms with Crippen molar-refractivity contribution in [3.63, 3.8) is 0 Å². The second kappa shape index (κ2) is 2.82. The van der Waals surface area contributed by atoms with E-state index in [1.807, 2.05) is 6.29 Å². The summed E-state index contributed by atoms with van der Waals surface area (Å²) in [6.07, 6.45) is 7.59. The van der Waals surface area contributed by atoms with E-state index in [1.54, 1.807) is 0 Å². The molecule has 51 valence electrons. The Labute approximate surface area is 64.0 Å². The summed E-state index contributed by atoms with van der Waals surface area (Å²) in [5.41, 5.74) is 0. The Hall–Kier alpha value is 0.150. The van der Waals surface area contributed by atoms with E-state index in [2.05, 4.69) is 15.9 Å². The van der Waals surface area contributed by atoms with Crippen molar-refractivity contribution in [3.05, 3.63) is 0 Å². The van der Waals surface area contributed by atoms with Crippen molar-refractivity contribution in [2.75, 3.05) is 0 Å². The molecule has 1 aliphatic rings. The molecule has 0 heterocycles. The van der Waals surface area contributed by atoms with Crippen LogP contribution in [0, 0.1) is 0 Å². The molecule has 0 N–H and O–H groups in total. The van der Waals surface area contributed by atoms with Gasteiger partial charge in [0.05, 0.1) is 4.32 Å². The molecule has 1 radical (unpaired) electrons. The molecular formula is C7H10BrO. The van der Waals surface area contributed by atoms with Gasteiger partial charge in [-0.2, -0.15) is 0 Å².